The predicted molar refractivity (Wildman–Crippen MR) is 103 cm³/mol. The van der Waals surface area contributed by atoms with Gasteiger partial charge in [-0.05, 0) is 12.1 Å². The molecule has 4 heterocycles. The summed E-state index contributed by atoms with van der Waals surface area (Å²) in [5, 5.41) is 21.0. The van der Waals surface area contributed by atoms with Gasteiger partial charge in [0.25, 0.3) is 5.56 Å². The fourth-order valence-corrected chi connectivity index (χ4v) is 5.25. The van der Waals surface area contributed by atoms with E-state index in [1.807, 2.05) is 12.1 Å². The fraction of sp³-hybridized carbons (Fsp3) is 0. The highest BCUT2D eigenvalue weighted by molar-refractivity contribution is 7.42. The highest BCUT2D eigenvalue weighted by Crippen LogP contribution is 2.42. The van der Waals surface area contributed by atoms with E-state index in [1.54, 1.807) is 24.3 Å². The summed E-state index contributed by atoms with van der Waals surface area (Å²) in [5.74, 6) is -0.398. The van der Waals surface area contributed by atoms with Crippen LogP contribution in [0.3, 0.4) is 0 Å². The molecule has 0 fully saturated rings. The first kappa shape index (κ1) is 15.7. The second kappa shape index (κ2) is 5.51. The number of para-hydroxylation sites is 1. The monoisotopic (exact) mass is 393 g/mol. The lowest BCUT2D eigenvalue weighted by Crippen LogP contribution is -2.09. The van der Waals surface area contributed by atoms with Gasteiger partial charge in [0, 0.05) is 5.39 Å². The normalized spacial score (nSPS) is 11.4. The molecule has 0 aliphatic heterocycles. The van der Waals surface area contributed by atoms with Gasteiger partial charge in [-0.3, -0.25) is 4.79 Å². The van der Waals surface area contributed by atoms with Crippen molar-refractivity contribution in [2.24, 2.45) is 0 Å². The fourth-order valence-electron chi connectivity index (χ4n) is 2.92. The Morgan fingerprint density at radius 1 is 1.22 bits per heavy atom. The Kier molecular flexibility index (Phi) is 3.21. The van der Waals surface area contributed by atoms with Crippen molar-refractivity contribution in [1.82, 2.24) is 9.97 Å². The van der Waals surface area contributed by atoms with Gasteiger partial charge < -0.3 is 14.5 Å². The van der Waals surface area contributed by atoms with Crippen molar-refractivity contribution >= 4 is 53.4 Å². The number of nitrogens with zero attached hydrogens (tertiary/aromatic N) is 2. The molecule has 2 N–H and O–H groups in total. The van der Waals surface area contributed by atoms with E-state index in [0.29, 0.717) is 35.9 Å². The average Bonchev–Trinajstić information content (AvgIpc) is 3.18. The molecule has 0 aliphatic rings. The Bertz CT molecular complexity index is 1550. The van der Waals surface area contributed by atoms with Crippen LogP contribution in [0, 0.1) is 11.3 Å². The van der Waals surface area contributed by atoms with Crippen molar-refractivity contribution in [3.8, 4) is 22.4 Å². The number of nitriles is 1. The van der Waals surface area contributed by atoms with Crippen LogP contribution in [0.25, 0.3) is 41.3 Å². The maximum Gasteiger partial charge on any atom is 0.346 e. The van der Waals surface area contributed by atoms with Crippen molar-refractivity contribution in [1.29, 1.82) is 5.26 Å². The number of aromatic hydroxyl groups is 1. The van der Waals surface area contributed by atoms with Crippen LogP contribution in [0.15, 0.2) is 44.3 Å². The molecule has 5 aromatic rings. The molecule has 27 heavy (non-hydrogen) atoms. The molecule has 0 amide bonds. The van der Waals surface area contributed by atoms with Crippen LogP contribution in [0.2, 0.25) is 0 Å². The Labute approximate surface area is 157 Å². The zero-order valence-electron chi connectivity index (χ0n) is 13.3. The quantitative estimate of drug-likeness (QED) is 0.420. The topological polar surface area (TPSA) is 120 Å². The van der Waals surface area contributed by atoms with Crippen LogP contribution < -0.4 is 11.2 Å². The van der Waals surface area contributed by atoms with E-state index in [9.17, 15) is 14.7 Å². The zero-order chi connectivity index (χ0) is 18.7. The van der Waals surface area contributed by atoms with E-state index in [2.05, 4.69) is 9.97 Å². The van der Waals surface area contributed by atoms with Crippen LogP contribution in [-0.4, -0.2) is 15.1 Å². The van der Waals surface area contributed by atoms with Gasteiger partial charge in [0.2, 0.25) is 0 Å². The van der Waals surface area contributed by atoms with E-state index in [-0.39, 0.29) is 5.56 Å². The number of benzene rings is 1. The van der Waals surface area contributed by atoms with Gasteiger partial charge >= 0.3 is 5.63 Å². The molecule has 0 radical (unpaired) electrons. The van der Waals surface area contributed by atoms with Gasteiger partial charge in [-0.15, -0.1) is 22.7 Å². The second-order valence-corrected chi connectivity index (χ2v) is 8.01. The Morgan fingerprint density at radius 3 is 2.85 bits per heavy atom. The van der Waals surface area contributed by atoms with Gasteiger partial charge in [-0.1, -0.05) is 18.2 Å². The van der Waals surface area contributed by atoms with Crippen molar-refractivity contribution in [2.75, 3.05) is 0 Å². The predicted octanol–water partition coefficient (Wildman–Crippen LogP) is 3.55. The molecule has 0 spiro atoms. The summed E-state index contributed by atoms with van der Waals surface area (Å²) >= 11 is 2.49. The Balaban J connectivity index is 1.81. The van der Waals surface area contributed by atoms with E-state index in [1.165, 1.54) is 22.7 Å². The maximum absolute atomic E-state index is 12.4. The molecular formula is C18H7N3O4S2. The molecule has 5 rings (SSSR count). The molecule has 1 aromatic carbocycles. The molecule has 0 saturated heterocycles. The lowest BCUT2D eigenvalue weighted by Gasteiger charge is -1.99. The SMILES string of the molecule is N#Cc1c(O)c2c([nH]c1=O)sc1sc(-c3cc4ccccc4oc3=O)nc12. The minimum Gasteiger partial charge on any atom is -0.506 e. The second-order valence-electron chi connectivity index (χ2n) is 5.74. The van der Waals surface area contributed by atoms with Gasteiger partial charge in [-0.2, -0.15) is 5.26 Å². The average molecular weight is 393 g/mol. The molecule has 7 nitrogen and oxygen atoms in total. The van der Waals surface area contributed by atoms with Crippen molar-refractivity contribution in [3.05, 3.63) is 56.7 Å². The Hall–Kier alpha value is -3.48. The van der Waals surface area contributed by atoms with E-state index in [0.717, 1.165) is 5.39 Å². The smallest absolute Gasteiger partial charge is 0.346 e. The summed E-state index contributed by atoms with van der Waals surface area (Å²) in [6.07, 6.45) is 0. The van der Waals surface area contributed by atoms with Crippen molar-refractivity contribution in [3.63, 3.8) is 0 Å². The summed E-state index contributed by atoms with van der Waals surface area (Å²) in [6.45, 7) is 0. The largest absolute Gasteiger partial charge is 0.506 e. The van der Waals surface area contributed by atoms with Crippen molar-refractivity contribution in [2.45, 2.75) is 0 Å². The molecule has 0 aliphatic carbocycles. The number of fused-ring (bicyclic) bond motifs is 4. The third kappa shape index (κ3) is 2.21. The number of aromatic amines is 1. The number of nitrogens with one attached hydrogen (secondary N) is 1. The van der Waals surface area contributed by atoms with Gasteiger partial charge in [0.1, 0.15) is 31.0 Å². The number of thiophene rings is 1. The molecule has 130 valence electrons. The number of rotatable bonds is 1. The zero-order valence-corrected chi connectivity index (χ0v) is 14.9. The van der Waals surface area contributed by atoms with Crippen LogP contribution in [0.4, 0.5) is 0 Å². The molecule has 4 aromatic heterocycles. The number of H-pyrrole nitrogens is 1. The van der Waals surface area contributed by atoms with E-state index in [4.69, 9.17) is 9.68 Å². The molecule has 0 bridgehead atoms. The lowest BCUT2D eigenvalue weighted by molar-refractivity contribution is 0.479. The standard InChI is InChI=1S/C18H7N3O4S2/c19-6-9-13(22)11-12-18(27-16(11)21-14(9)23)26-15(20-12)8-5-7-3-1-2-4-10(7)25-17(8)24/h1-5H,(H2,21,22,23). The summed E-state index contributed by atoms with van der Waals surface area (Å²) in [5.41, 5.74) is -0.264. The number of hydrogen-bond acceptors (Lipinski definition) is 8. The van der Waals surface area contributed by atoms with Crippen LogP contribution in [0.1, 0.15) is 5.56 Å². The van der Waals surface area contributed by atoms with Gasteiger partial charge in [-0.25, -0.2) is 9.78 Å². The summed E-state index contributed by atoms with van der Waals surface area (Å²) in [6, 6.07) is 10.6. The highest BCUT2D eigenvalue weighted by Gasteiger charge is 2.21. The first-order valence-electron chi connectivity index (χ1n) is 7.68. The molecule has 0 atom stereocenters. The minimum absolute atomic E-state index is 0.304. The first-order valence-corrected chi connectivity index (χ1v) is 9.32. The number of hydrogen-bond donors (Lipinski definition) is 2. The number of pyridine rings is 1. The van der Waals surface area contributed by atoms with Crippen LogP contribution >= 0.6 is 22.7 Å². The minimum atomic E-state index is -0.646. The summed E-state index contributed by atoms with van der Waals surface area (Å²) < 4.78 is 6.07. The third-order valence-corrected chi connectivity index (χ3v) is 6.44. The number of thiazole rings is 1. The summed E-state index contributed by atoms with van der Waals surface area (Å²) in [7, 11) is 0. The van der Waals surface area contributed by atoms with Crippen LogP contribution in [0.5, 0.6) is 5.75 Å². The Morgan fingerprint density at radius 2 is 2.04 bits per heavy atom. The van der Waals surface area contributed by atoms with Gasteiger partial charge in [0.15, 0.2) is 11.3 Å². The third-order valence-electron chi connectivity index (χ3n) is 4.17. The van der Waals surface area contributed by atoms with E-state index >= 15 is 0 Å². The highest BCUT2D eigenvalue weighted by atomic mass is 32.2. The van der Waals surface area contributed by atoms with Crippen LogP contribution in [-0.2, 0) is 0 Å². The number of aromatic nitrogens is 2. The maximum atomic E-state index is 12.4. The molecule has 0 saturated carbocycles. The van der Waals surface area contributed by atoms with Crippen molar-refractivity contribution < 1.29 is 9.52 Å². The van der Waals surface area contributed by atoms with E-state index < -0.39 is 16.9 Å². The molecular weight excluding hydrogens is 386 g/mol. The lowest BCUT2D eigenvalue weighted by atomic mass is 10.2. The molecule has 9 heteroatoms. The summed E-state index contributed by atoms with van der Waals surface area (Å²) in [4.78, 5) is 31.7. The van der Waals surface area contributed by atoms with Gasteiger partial charge in [0.05, 0.1) is 10.9 Å². The first-order chi connectivity index (χ1) is 13.1. The molecule has 0 unspecified atom stereocenters.